The van der Waals surface area contributed by atoms with E-state index >= 15 is 0 Å². The van der Waals surface area contributed by atoms with Crippen molar-refractivity contribution >= 4 is 17.8 Å². The Hall–Kier alpha value is -3.96. The highest BCUT2D eigenvalue weighted by Gasteiger charge is 2.68. The van der Waals surface area contributed by atoms with Crippen LogP contribution in [0.15, 0.2) is 42.5 Å². The van der Waals surface area contributed by atoms with E-state index in [-0.39, 0.29) is 17.1 Å². The van der Waals surface area contributed by atoms with Gasteiger partial charge in [0.1, 0.15) is 5.75 Å². The Morgan fingerprint density at radius 3 is 2.18 bits per heavy atom. The second kappa shape index (κ2) is 8.88. The molecule has 12 heteroatoms. The fraction of sp³-hybridized carbons (Fsp3) is 0.286. The first-order valence-electron chi connectivity index (χ1n) is 9.44. The largest absolute Gasteiger partial charge is 0.497 e. The average Bonchev–Trinajstić information content (AvgIpc) is 3.03. The van der Waals surface area contributed by atoms with Crippen LogP contribution in [0.25, 0.3) is 0 Å². The van der Waals surface area contributed by atoms with Crippen molar-refractivity contribution in [2.45, 2.75) is 18.4 Å². The molecule has 0 spiro atoms. The van der Waals surface area contributed by atoms with Crippen molar-refractivity contribution in [2.75, 3.05) is 21.3 Å². The number of methoxy groups -OCH3 is 3. The molecule has 4 amide bonds. The van der Waals surface area contributed by atoms with Gasteiger partial charge in [0.25, 0.3) is 17.5 Å². The fourth-order valence-electron chi connectivity index (χ4n) is 3.20. The number of ether oxygens (including phenoxy) is 3. The van der Waals surface area contributed by atoms with Gasteiger partial charge in [0, 0.05) is 5.56 Å². The maximum atomic E-state index is 14.1. The summed E-state index contributed by atoms with van der Waals surface area (Å²) >= 11 is 0. The molecule has 1 atom stereocenters. The molecule has 1 aliphatic heterocycles. The van der Waals surface area contributed by atoms with Crippen molar-refractivity contribution in [3.05, 3.63) is 53.6 Å². The van der Waals surface area contributed by atoms with E-state index in [9.17, 15) is 27.6 Å². The van der Waals surface area contributed by atoms with Crippen molar-refractivity contribution < 1.29 is 41.8 Å². The first-order valence-corrected chi connectivity index (χ1v) is 9.44. The predicted octanol–water partition coefficient (Wildman–Crippen LogP) is 2.45. The molecule has 1 fully saturated rings. The molecule has 1 saturated heterocycles. The number of alkyl halides is 3. The summed E-state index contributed by atoms with van der Waals surface area (Å²) in [5, 5.41) is 3.25. The lowest BCUT2D eigenvalue weighted by molar-refractivity contribution is -0.200. The topological polar surface area (TPSA) is 106 Å². The van der Waals surface area contributed by atoms with Gasteiger partial charge in [-0.05, 0) is 35.9 Å². The van der Waals surface area contributed by atoms with Crippen molar-refractivity contribution in [2.24, 2.45) is 0 Å². The SMILES string of the molecule is COc1ccc(CN2C(=O)N[C@@](NC(=O)c3ccc(OC)c(OC)c3)(C(F)(F)F)C2=O)cc1. The number of carbonyl (C=O) groups excluding carboxylic acids is 3. The third-order valence-electron chi connectivity index (χ3n) is 4.98. The van der Waals surface area contributed by atoms with Gasteiger partial charge in [0.15, 0.2) is 11.5 Å². The third kappa shape index (κ3) is 4.36. The van der Waals surface area contributed by atoms with Gasteiger partial charge in [-0.15, -0.1) is 0 Å². The highest BCUT2D eigenvalue weighted by molar-refractivity contribution is 6.10. The smallest absolute Gasteiger partial charge is 0.440 e. The molecule has 0 bridgehead atoms. The summed E-state index contributed by atoms with van der Waals surface area (Å²) in [5.41, 5.74) is -3.50. The molecule has 0 saturated carbocycles. The van der Waals surface area contributed by atoms with E-state index in [4.69, 9.17) is 14.2 Å². The second-order valence-electron chi connectivity index (χ2n) is 6.94. The standard InChI is InChI=1S/C21H20F3N3O6/c1-31-14-7-4-12(5-8-14)11-27-18(29)20(21(22,23)24,26-19(27)30)25-17(28)13-6-9-15(32-2)16(10-13)33-3/h4-10H,11H2,1-3H3,(H,25,28)(H,26,30)/t20-/m1/s1. The van der Waals surface area contributed by atoms with Gasteiger partial charge in [-0.1, -0.05) is 12.1 Å². The highest BCUT2D eigenvalue weighted by atomic mass is 19.4. The molecular formula is C21H20F3N3O6. The second-order valence-corrected chi connectivity index (χ2v) is 6.94. The Kier molecular flexibility index (Phi) is 6.38. The molecule has 0 unspecified atom stereocenters. The van der Waals surface area contributed by atoms with Crippen molar-refractivity contribution in [3.8, 4) is 17.2 Å². The predicted molar refractivity (Wildman–Crippen MR) is 108 cm³/mol. The van der Waals surface area contributed by atoms with E-state index in [1.165, 1.54) is 57.7 Å². The number of rotatable bonds is 7. The van der Waals surface area contributed by atoms with Gasteiger partial charge >= 0.3 is 12.2 Å². The molecule has 2 N–H and O–H groups in total. The van der Waals surface area contributed by atoms with Gasteiger partial charge in [0.05, 0.1) is 27.9 Å². The Morgan fingerprint density at radius 2 is 1.64 bits per heavy atom. The molecule has 2 aromatic rings. The number of hydrogen-bond acceptors (Lipinski definition) is 6. The number of hydrogen-bond donors (Lipinski definition) is 2. The summed E-state index contributed by atoms with van der Waals surface area (Å²) in [4.78, 5) is 38.2. The van der Waals surface area contributed by atoms with Gasteiger partial charge in [-0.2, -0.15) is 13.2 Å². The minimum Gasteiger partial charge on any atom is -0.497 e. The number of amides is 4. The van der Waals surface area contributed by atoms with Crippen LogP contribution in [0.3, 0.4) is 0 Å². The highest BCUT2D eigenvalue weighted by Crippen LogP contribution is 2.35. The van der Waals surface area contributed by atoms with Gasteiger partial charge in [-0.3, -0.25) is 19.8 Å². The van der Waals surface area contributed by atoms with Crippen LogP contribution in [0, 0.1) is 0 Å². The van der Waals surface area contributed by atoms with Crippen LogP contribution in [-0.4, -0.2) is 55.9 Å². The van der Waals surface area contributed by atoms with Crippen LogP contribution in [-0.2, 0) is 11.3 Å². The zero-order chi connectivity index (χ0) is 24.4. The molecule has 0 aliphatic carbocycles. The van der Waals surface area contributed by atoms with Crippen LogP contribution in [0.5, 0.6) is 17.2 Å². The van der Waals surface area contributed by atoms with E-state index in [0.29, 0.717) is 16.2 Å². The molecule has 0 radical (unpaired) electrons. The normalized spacial score (nSPS) is 18.1. The minimum absolute atomic E-state index is 0.0918. The number of imide groups is 1. The van der Waals surface area contributed by atoms with E-state index in [1.54, 1.807) is 10.6 Å². The first kappa shape index (κ1) is 23.7. The van der Waals surface area contributed by atoms with Crippen LogP contribution < -0.4 is 24.8 Å². The number of halogens is 3. The maximum Gasteiger partial charge on any atom is 0.440 e. The molecule has 0 aromatic heterocycles. The summed E-state index contributed by atoms with van der Waals surface area (Å²) in [6, 6.07) is 8.41. The van der Waals surface area contributed by atoms with Gasteiger partial charge < -0.3 is 19.5 Å². The molecule has 2 aromatic carbocycles. The quantitative estimate of drug-likeness (QED) is 0.606. The maximum absolute atomic E-state index is 14.1. The van der Waals surface area contributed by atoms with Gasteiger partial charge in [-0.25, -0.2) is 4.79 Å². The van der Waals surface area contributed by atoms with Crippen LogP contribution in [0.2, 0.25) is 0 Å². The average molecular weight is 467 g/mol. The van der Waals surface area contributed by atoms with Crippen molar-refractivity contribution in [1.82, 2.24) is 15.5 Å². The summed E-state index contributed by atoms with van der Waals surface area (Å²) in [7, 11) is 4.07. The lowest BCUT2D eigenvalue weighted by Gasteiger charge is -2.30. The molecule has 33 heavy (non-hydrogen) atoms. The van der Waals surface area contributed by atoms with Crippen molar-refractivity contribution in [1.29, 1.82) is 0 Å². The first-order chi connectivity index (χ1) is 15.6. The van der Waals surface area contributed by atoms with Crippen LogP contribution in [0.1, 0.15) is 15.9 Å². The molecule has 1 aliphatic rings. The Morgan fingerprint density at radius 1 is 1.00 bits per heavy atom. The van der Waals surface area contributed by atoms with E-state index < -0.39 is 36.2 Å². The minimum atomic E-state index is -5.33. The monoisotopic (exact) mass is 467 g/mol. The fourth-order valence-corrected chi connectivity index (χ4v) is 3.20. The summed E-state index contributed by atoms with van der Waals surface area (Å²) in [6.45, 7) is -0.446. The zero-order valence-corrected chi connectivity index (χ0v) is 17.8. The number of carbonyl (C=O) groups is 3. The van der Waals surface area contributed by atoms with Crippen molar-refractivity contribution in [3.63, 3.8) is 0 Å². The molecule has 176 valence electrons. The number of urea groups is 1. The third-order valence-corrected chi connectivity index (χ3v) is 4.98. The summed E-state index contributed by atoms with van der Waals surface area (Å²) < 4.78 is 57.2. The van der Waals surface area contributed by atoms with E-state index in [2.05, 4.69) is 0 Å². The lowest BCUT2D eigenvalue weighted by Crippen LogP contribution is -2.69. The Balaban J connectivity index is 1.90. The molecule has 3 rings (SSSR count). The van der Waals surface area contributed by atoms with Gasteiger partial charge in [0.2, 0.25) is 0 Å². The molecule has 1 heterocycles. The Labute approximate surface area is 186 Å². The van der Waals surface area contributed by atoms with Crippen LogP contribution in [0.4, 0.5) is 18.0 Å². The molecule has 9 nitrogen and oxygen atoms in total. The lowest BCUT2D eigenvalue weighted by atomic mass is 10.1. The van der Waals surface area contributed by atoms with E-state index in [0.717, 1.165) is 6.07 Å². The van der Waals surface area contributed by atoms with Crippen LogP contribution >= 0.6 is 0 Å². The summed E-state index contributed by atoms with van der Waals surface area (Å²) in [5.74, 6) is -2.09. The van der Waals surface area contributed by atoms with E-state index in [1.807, 2.05) is 0 Å². The molecular weight excluding hydrogens is 447 g/mol. The zero-order valence-electron chi connectivity index (χ0n) is 17.8. The number of benzene rings is 2. The number of nitrogens with one attached hydrogen (secondary N) is 2. The Bertz CT molecular complexity index is 1070. The summed E-state index contributed by atoms with van der Waals surface area (Å²) in [6.07, 6.45) is -5.33. The number of nitrogens with zero attached hydrogens (tertiary/aromatic N) is 1.